The van der Waals surface area contributed by atoms with Crippen LogP contribution < -0.4 is 0 Å². The molecule has 25 heavy (non-hydrogen) atoms. The van der Waals surface area contributed by atoms with Crippen molar-refractivity contribution in [1.82, 2.24) is 14.9 Å². The molecular formula is C19H23Cl2N3S. The highest BCUT2D eigenvalue weighted by atomic mass is 35.5. The molecule has 3 nitrogen and oxygen atoms in total. The molecule has 1 aliphatic heterocycles. The van der Waals surface area contributed by atoms with Crippen LogP contribution in [0.3, 0.4) is 0 Å². The summed E-state index contributed by atoms with van der Waals surface area (Å²) in [6.07, 6.45) is 4.38. The fraction of sp³-hybridized carbons (Fsp3) is 0.474. The third kappa shape index (κ3) is 5.10. The Hall–Kier alpha value is -0.810. The van der Waals surface area contributed by atoms with Crippen LogP contribution in [-0.2, 0) is 6.54 Å². The van der Waals surface area contributed by atoms with Gasteiger partial charge in [-0.15, -0.1) is 0 Å². The number of nitrogens with zero attached hydrogens (tertiary/aromatic N) is 3. The van der Waals surface area contributed by atoms with Crippen LogP contribution in [0, 0.1) is 12.3 Å². The Kier molecular flexibility index (Phi) is 5.94. The van der Waals surface area contributed by atoms with E-state index in [9.17, 15) is 0 Å². The Morgan fingerprint density at radius 1 is 1.16 bits per heavy atom. The zero-order chi connectivity index (χ0) is 18.0. The summed E-state index contributed by atoms with van der Waals surface area (Å²) in [5, 5.41) is 2.03. The Labute approximate surface area is 164 Å². The maximum atomic E-state index is 6.09. The van der Waals surface area contributed by atoms with E-state index in [1.54, 1.807) is 17.8 Å². The standard InChI is InChI=1S/C19H23Cl2N3S/c1-13-18(25-15-4-5-16(20)17(21)10-15)22-11-14(23-13)12-24-8-6-19(2,3)7-9-24/h4-5,10-11H,6-9,12H2,1-3H3. The second kappa shape index (κ2) is 7.83. The normalized spacial score (nSPS) is 17.6. The number of piperidine rings is 1. The van der Waals surface area contributed by atoms with Crippen molar-refractivity contribution in [3.8, 4) is 0 Å². The molecule has 2 heterocycles. The highest BCUT2D eigenvalue weighted by molar-refractivity contribution is 7.99. The summed E-state index contributed by atoms with van der Waals surface area (Å²) in [7, 11) is 0. The zero-order valence-electron chi connectivity index (χ0n) is 14.9. The van der Waals surface area contributed by atoms with Gasteiger partial charge in [0.15, 0.2) is 0 Å². The molecule has 0 aliphatic carbocycles. The second-order valence-corrected chi connectivity index (χ2v) is 9.25. The van der Waals surface area contributed by atoms with Crippen LogP contribution in [0.1, 0.15) is 38.1 Å². The molecular weight excluding hydrogens is 373 g/mol. The lowest BCUT2D eigenvalue weighted by molar-refractivity contribution is 0.125. The van der Waals surface area contributed by atoms with Gasteiger partial charge in [-0.1, -0.05) is 48.8 Å². The zero-order valence-corrected chi connectivity index (χ0v) is 17.2. The largest absolute Gasteiger partial charge is 0.297 e. The van der Waals surface area contributed by atoms with E-state index in [0.717, 1.165) is 40.9 Å². The minimum atomic E-state index is 0.471. The second-order valence-electron chi connectivity index (χ2n) is 7.37. The van der Waals surface area contributed by atoms with E-state index in [0.29, 0.717) is 15.5 Å². The lowest BCUT2D eigenvalue weighted by Crippen LogP contribution is -2.37. The Bertz CT molecular complexity index is 754. The third-order valence-electron chi connectivity index (χ3n) is 4.65. The summed E-state index contributed by atoms with van der Waals surface area (Å²) < 4.78 is 0. The number of aromatic nitrogens is 2. The van der Waals surface area contributed by atoms with Crippen molar-refractivity contribution < 1.29 is 0 Å². The number of aryl methyl sites for hydroxylation is 1. The summed E-state index contributed by atoms with van der Waals surface area (Å²) in [5.74, 6) is 0. The van der Waals surface area contributed by atoms with Crippen LogP contribution in [0.4, 0.5) is 0 Å². The van der Waals surface area contributed by atoms with Gasteiger partial charge >= 0.3 is 0 Å². The number of halogens is 2. The van der Waals surface area contributed by atoms with Gasteiger partial charge in [-0.2, -0.15) is 0 Å². The van der Waals surface area contributed by atoms with Crippen LogP contribution >= 0.6 is 35.0 Å². The first-order valence-electron chi connectivity index (χ1n) is 8.50. The molecule has 1 aromatic heterocycles. The summed E-state index contributed by atoms with van der Waals surface area (Å²) in [5.41, 5.74) is 2.46. The van der Waals surface area contributed by atoms with Gasteiger partial charge in [0.05, 0.1) is 27.6 Å². The van der Waals surface area contributed by atoms with Crippen molar-refractivity contribution >= 4 is 35.0 Å². The van der Waals surface area contributed by atoms with E-state index in [4.69, 9.17) is 28.2 Å². The highest BCUT2D eigenvalue weighted by Crippen LogP contribution is 2.33. The lowest BCUT2D eigenvalue weighted by atomic mass is 9.83. The molecule has 0 spiro atoms. The Balaban J connectivity index is 1.65. The van der Waals surface area contributed by atoms with Gasteiger partial charge in [0.1, 0.15) is 5.03 Å². The molecule has 1 fully saturated rings. The molecule has 0 unspecified atom stereocenters. The van der Waals surface area contributed by atoms with Crippen LogP contribution in [0.15, 0.2) is 34.3 Å². The molecule has 0 saturated carbocycles. The molecule has 6 heteroatoms. The van der Waals surface area contributed by atoms with Crippen LogP contribution in [-0.4, -0.2) is 28.0 Å². The topological polar surface area (TPSA) is 29.0 Å². The molecule has 1 aliphatic rings. The minimum absolute atomic E-state index is 0.471. The van der Waals surface area contributed by atoms with Gasteiger partial charge in [-0.25, -0.2) is 4.98 Å². The van der Waals surface area contributed by atoms with Crippen molar-refractivity contribution in [3.05, 3.63) is 45.8 Å². The van der Waals surface area contributed by atoms with E-state index >= 15 is 0 Å². The smallest absolute Gasteiger partial charge is 0.122 e. The van der Waals surface area contributed by atoms with Gasteiger partial charge in [0.2, 0.25) is 0 Å². The monoisotopic (exact) mass is 395 g/mol. The minimum Gasteiger partial charge on any atom is -0.297 e. The number of benzene rings is 1. The third-order valence-corrected chi connectivity index (χ3v) is 6.48. The van der Waals surface area contributed by atoms with Gasteiger partial charge in [0, 0.05) is 11.4 Å². The van der Waals surface area contributed by atoms with Gasteiger partial charge < -0.3 is 0 Å². The van der Waals surface area contributed by atoms with Crippen LogP contribution in [0.2, 0.25) is 10.0 Å². The molecule has 0 amide bonds. The Morgan fingerprint density at radius 2 is 1.88 bits per heavy atom. The first-order chi connectivity index (χ1) is 11.8. The number of rotatable bonds is 4. The van der Waals surface area contributed by atoms with E-state index in [1.165, 1.54) is 12.8 Å². The number of likely N-dealkylation sites (tertiary alicyclic amines) is 1. The van der Waals surface area contributed by atoms with Crippen molar-refractivity contribution in [1.29, 1.82) is 0 Å². The summed E-state index contributed by atoms with van der Waals surface area (Å²) in [6, 6.07) is 5.61. The molecule has 2 aromatic rings. The molecule has 0 N–H and O–H groups in total. The lowest BCUT2D eigenvalue weighted by Gasteiger charge is -2.36. The maximum Gasteiger partial charge on any atom is 0.122 e. The van der Waals surface area contributed by atoms with Crippen molar-refractivity contribution in [2.24, 2.45) is 5.41 Å². The number of hydrogen-bond donors (Lipinski definition) is 0. The Morgan fingerprint density at radius 3 is 2.52 bits per heavy atom. The number of hydrogen-bond acceptors (Lipinski definition) is 4. The SMILES string of the molecule is Cc1nc(CN2CCC(C)(C)CC2)cnc1Sc1ccc(Cl)c(Cl)c1. The van der Waals surface area contributed by atoms with Crippen LogP contribution in [0.5, 0.6) is 0 Å². The summed E-state index contributed by atoms with van der Waals surface area (Å²) in [4.78, 5) is 12.9. The van der Waals surface area contributed by atoms with Crippen molar-refractivity contribution in [3.63, 3.8) is 0 Å². The fourth-order valence-corrected chi connectivity index (χ4v) is 4.09. The van der Waals surface area contributed by atoms with E-state index in [1.807, 2.05) is 25.3 Å². The first-order valence-corrected chi connectivity index (χ1v) is 10.1. The van der Waals surface area contributed by atoms with Crippen molar-refractivity contribution in [2.45, 2.75) is 50.1 Å². The molecule has 1 aromatic carbocycles. The summed E-state index contributed by atoms with van der Waals surface area (Å²) in [6.45, 7) is 9.85. The van der Waals surface area contributed by atoms with E-state index in [-0.39, 0.29) is 0 Å². The maximum absolute atomic E-state index is 6.09. The average molecular weight is 396 g/mol. The van der Waals surface area contributed by atoms with Crippen LogP contribution in [0.25, 0.3) is 0 Å². The molecule has 0 atom stereocenters. The first kappa shape index (κ1) is 19.0. The fourth-order valence-electron chi connectivity index (χ4n) is 2.89. The van der Waals surface area contributed by atoms with E-state index in [2.05, 4.69) is 23.7 Å². The predicted octanol–water partition coefficient (Wildman–Crippen LogP) is 5.87. The quantitative estimate of drug-likeness (QED) is 0.647. The van der Waals surface area contributed by atoms with E-state index < -0.39 is 0 Å². The summed E-state index contributed by atoms with van der Waals surface area (Å²) >= 11 is 13.6. The molecule has 3 rings (SSSR count). The molecule has 0 bridgehead atoms. The van der Waals surface area contributed by atoms with Crippen molar-refractivity contribution in [2.75, 3.05) is 13.1 Å². The highest BCUT2D eigenvalue weighted by Gasteiger charge is 2.25. The predicted molar refractivity (Wildman–Crippen MR) is 106 cm³/mol. The van der Waals surface area contributed by atoms with Gasteiger partial charge in [-0.3, -0.25) is 9.88 Å². The molecule has 134 valence electrons. The molecule has 0 radical (unpaired) electrons. The van der Waals surface area contributed by atoms with Gasteiger partial charge in [0.25, 0.3) is 0 Å². The van der Waals surface area contributed by atoms with Gasteiger partial charge in [-0.05, 0) is 56.5 Å². The average Bonchev–Trinajstić information content (AvgIpc) is 2.55. The molecule has 1 saturated heterocycles.